The van der Waals surface area contributed by atoms with Crippen molar-refractivity contribution in [1.82, 2.24) is 10.2 Å². The van der Waals surface area contributed by atoms with Crippen LogP contribution in [0, 0.1) is 0 Å². The van der Waals surface area contributed by atoms with E-state index in [2.05, 4.69) is 5.32 Å². The van der Waals surface area contributed by atoms with Crippen LogP contribution in [0.2, 0.25) is 5.02 Å². The summed E-state index contributed by atoms with van der Waals surface area (Å²) in [7, 11) is 3.89. The van der Waals surface area contributed by atoms with Crippen LogP contribution in [-0.4, -0.2) is 42.6 Å². The lowest BCUT2D eigenvalue weighted by molar-refractivity contribution is 0.0934. The molecule has 0 aliphatic rings. The van der Waals surface area contributed by atoms with Gasteiger partial charge in [-0.1, -0.05) is 11.6 Å². The van der Waals surface area contributed by atoms with Crippen LogP contribution in [0.25, 0.3) is 0 Å². The third kappa shape index (κ3) is 4.24. The molecule has 0 heterocycles. The van der Waals surface area contributed by atoms with Crippen LogP contribution in [0.1, 0.15) is 17.3 Å². The van der Waals surface area contributed by atoms with Crippen molar-refractivity contribution in [3.05, 3.63) is 28.8 Å². The number of nitrogens with one attached hydrogen (secondary N) is 1. The van der Waals surface area contributed by atoms with Gasteiger partial charge in [0, 0.05) is 18.2 Å². The quantitative estimate of drug-likeness (QED) is 0.863. The minimum absolute atomic E-state index is 0.0236. The van der Waals surface area contributed by atoms with Crippen molar-refractivity contribution in [3.63, 3.8) is 0 Å². The Kier molecular flexibility index (Phi) is 4.78. The molecule has 4 nitrogen and oxygen atoms in total. The number of carbonyl (C=O) groups excluding carboxylic acids is 1. The second-order valence-electron chi connectivity index (χ2n) is 4.30. The predicted molar refractivity (Wildman–Crippen MR) is 68.6 cm³/mol. The number of nitrogens with zero attached hydrogens (tertiary/aromatic N) is 1. The molecule has 0 spiro atoms. The Morgan fingerprint density at radius 1 is 1.53 bits per heavy atom. The zero-order valence-corrected chi connectivity index (χ0v) is 11.0. The molecule has 1 atom stereocenters. The number of likely N-dealkylation sites (N-methyl/N-ethyl adjacent to an activating group) is 1. The Bertz CT molecular complexity index is 407. The lowest BCUT2D eigenvalue weighted by Crippen LogP contribution is -2.39. The lowest BCUT2D eigenvalue weighted by atomic mass is 10.2. The zero-order valence-electron chi connectivity index (χ0n) is 10.2. The summed E-state index contributed by atoms with van der Waals surface area (Å²) in [6.45, 7) is 2.69. The molecule has 0 fully saturated rings. The topological polar surface area (TPSA) is 52.6 Å². The molecule has 0 saturated heterocycles. The Balaban J connectivity index is 2.66. The first-order valence-corrected chi connectivity index (χ1v) is 5.72. The predicted octanol–water partition coefficient (Wildman–Crippen LogP) is 1.73. The molecule has 0 aliphatic carbocycles. The molecule has 1 unspecified atom stereocenters. The van der Waals surface area contributed by atoms with E-state index in [-0.39, 0.29) is 22.7 Å². The maximum atomic E-state index is 11.8. The van der Waals surface area contributed by atoms with Crippen molar-refractivity contribution in [2.75, 3.05) is 20.6 Å². The third-order valence-corrected chi connectivity index (χ3v) is 2.53. The molecule has 2 N–H and O–H groups in total. The van der Waals surface area contributed by atoms with E-state index in [1.54, 1.807) is 6.07 Å². The number of hydrogen-bond donors (Lipinski definition) is 2. The number of rotatable bonds is 4. The normalized spacial score (nSPS) is 12.5. The number of amides is 1. The standard InChI is InChI=1S/C12H17ClN2O2/c1-8(7-15(2)3)14-12(17)9-4-5-11(16)10(13)6-9/h4-6,8,16H,7H2,1-3H3,(H,14,17). The van der Waals surface area contributed by atoms with Gasteiger partial charge in [-0.15, -0.1) is 0 Å². The maximum Gasteiger partial charge on any atom is 0.251 e. The monoisotopic (exact) mass is 256 g/mol. The van der Waals surface area contributed by atoms with Crippen LogP contribution in [0.4, 0.5) is 0 Å². The Labute approximate surface area is 106 Å². The van der Waals surface area contributed by atoms with Gasteiger partial charge in [0.1, 0.15) is 5.75 Å². The Morgan fingerprint density at radius 3 is 2.71 bits per heavy atom. The summed E-state index contributed by atoms with van der Waals surface area (Å²) in [5.74, 6) is -0.217. The summed E-state index contributed by atoms with van der Waals surface area (Å²) in [5, 5.41) is 12.3. The molecule has 0 aliphatic heterocycles. The highest BCUT2D eigenvalue weighted by Crippen LogP contribution is 2.23. The van der Waals surface area contributed by atoms with Gasteiger partial charge in [0.15, 0.2) is 0 Å². The second-order valence-corrected chi connectivity index (χ2v) is 4.71. The van der Waals surface area contributed by atoms with Crippen LogP contribution >= 0.6 is 11.6 Å². The molecule has 5 heteroatoms. The first kappa shape index (κ1) is 13.8. The Hall–Kier alpha value is -1.26. The first-order valence-electron chi connectivity index (χ1n) is 5.34. The van der Waals surface area contributed by atoms with Crippen molar-refractivity contribution in [2.24, 2.45) is 0 Å². The van der Waals surface area contributed by atoms with Gasteiger partial charge in [-0.05, 0) is 39.2 Å². The number of phenols is 1. The fraction of sp³-hybridized carbons (Fsp3) is 0.417. The van der Waals surface area contributed by atoms with Crippen LogP contribution < -0.4 is 5.32 Å². The maximum absolute atomic E-state index is 11.8. The number of phenolic OH excluding ortho intramolecular Hbond substituents is 1. The molecule has 0 saturated carbocycles. The highest BCUT2D eigenvalue weighted by molar-refractivity contribution is 6.32. The minimum atomic E-state index is -0.193. The fourth-order valence-corrected chi connectivity index (χ4v) is 1.73. The average Bonchev–Trinajstić information content (AvgIpc) is 2.20. The molecule has 0 aromatic heterocycles. The summed E-state index contributed by atoms with van der Waals surface area (Å²) in [5.41, 5.74) is 0.443. The van der Waals surface area contributed by atoms with Crippen LogP contribution in [0.3, 0.4) is 0 Å². The van der Waals surface area contributed by atoms with Gasteiger partial charge in [0.25, 0.3) is 5.91 Å². The number of hydrogen-bond acceptors (Lipinski definition) is 3. The minimum Gasteiger partial charge on any atom is -0.506 e. The fourth-order valence-electron chi connectivity index (χ4n) is 1.55. The molecule has 17 heavy (non-hydrogen) atoms. The van der Waals surface area contributed by atoms with E-state index in [9.17, 15) is 9.90 Å². The molecule has 0 bridgehead atoms. The molecule has 1 aromatic rings. The van der Waals surface area contributed by atoms with Crippen LogP contribution in [0.5, 0.6) is 5.75 Å². The van der Waals surface area contributed by atoms with Gasteiger partial charge < -0.3 is 15.3 Å². The average molecular weight is 257 g/mol. The van der Waals surface area contributed by atoms with E-state index < -0.39 is 0 Å². The first-order chi connectivity index (χ1) is 7.90. The lowest BCUT2D eigenvalue weighted by Gasteiger charge is -2.18. The summed E-state index contributed by atoms with van der Waals surface area (Å²) < 4.78 is 0. The second kappa shape index (κ2) is 5.89. The molecule has 94 valence electrons. The molecular formula is C12H17ClN2O2. The highest BCUT2D eigenvalue weighted by atomic mass is 35.5. The molecular weight excluding hydrogens is 240 g/mol. The summed E-state index contributed by atoms with van der Waals surface area (Å²) >= 11 is 5.74. The number of benzene rings is 1. The number of halogens is 1. The van der Waals surface area contributed by atoms with Crippen molar-refractivity contribution in [2.45, 2.75) is 13.0 Å². The Morgan fingerprint density at radius 2 is 2.18 bits per heavy atom. The van der Waals surface area contributed by atoms with E-state index in [1.807, 2.05) is 25.9 Å². The van der Waals surface area contributed by atoms with E-state index >= 15 is 0 Å². The summed E-state index contributed by atoms with van der Waals surface area (Å²) in [4.78, 5) is 13.8. The van der Waals surface area contributed by atoms with Gasteiger partial charge in [-0.3, -0.25) is 4.79 Å². The highest BCUT2D eigenvalue weighted by Gasteiger charge is 2.11. The van der Waals surface area contributed by atoms with Gasteiger partial charge >= 0.3 is 0 Å². The van der Waals surface area contributed by atoms with Crippen LogP contribution in [-0.2, 0) is 0 Å². The van der Waals surface area contributed by atoms with Crippen molar-refractivity contribution in [1.29, 1.82) is 0 Å². The van der Waals surface area contributed by atoms with Crippen molar-refractivity contribution >= 4 is 17.5 Å². The molecule has 1 amide bonds. The SMILES string of the molecule is CC(CN(C)C)NC(=O)c1ccc(O)c(Cl)c1. The van der Waals surface area contributed by atoms with Gasteiger partial charge in [-0.25, -0.2) is 0 Å². The van der Waals surface area contributed by atoms with Crippen LogP contribution in [0.15, 0.2) is 18.2 Å². The van der Waals surface area contributed by atoms with Crippen molar-refractivity contribution in [3.8, 4) is 5.75 Å². The van der Waals surface area contributed by atoms with Gasteiger partial charge in [0.2, 0.25) is 0 Å². The third-order valence-electron chi connectivity index (χ3n) is 2.23. The van der Waals surface area contributed by atoms with E-state index in [0.29, 0.717) is 5.56 Å². The molecule has 1 rings (SSSR count). The van der Waals surface area contributed by atoms with E-state index in [0.717, 1.165) is 6.54 Å². The molecule has 1 aromatic carbocycles. The summed E-state index contributed by atoms with van der Waals surface area (Å²) in [6.07, 6.45) is 0. The van der Waals surface area contributed by atoms with E-state index in [1.165, 1.54) is 12.1 Å². The summed E-state index contributed by atoms with van der Waals surface area (Å²) in [6, 6.07) is 4.45. The van der Waals surface area contributed by atoms with Gasteiger partial charge in [0.05, 0.1) is 5.02 Å². The molecule has 0 radical (unpaired) electrons. The smallest absolute Gasteiger partial charge is 0.251 e. The zero-order chi connectivity index (χ0) is 13.0. The largest absolute Gasteiger partial charge is 0.506 e. The van der Waals surface area contributed by atoms with E-state index in [4.69, 9.17) is 11.6 Å². The van der Waals surface area contributed by atoms with Crippen molar-refractivity contribution < 1.29 is 9.90 Å². The number of aromatic hydroxyl groups is 1. The number of carbonyl (C=O) groups is 1. The van der Waals surface area contributed by atoms with Gasteiger partial charge in [-0.2, -0.15) is 0 Å².